The molecule has 1 aromatic carbocycles. The molecular formula is C14H15ClN2O2. The molecule has 100 valence electrons. The van der Waals surface area contributed by atoms with Crippen molar-refractivity contribution >= 4 is 28.5 Å². The Bertz CT molecular complexity index is 636. The predicted octanol–water partition coefficient (Wildman–Crippen LogP) is 2.59. The number of nitrogens with zero attached hydrogens (tertiary/aromatic N) is 2. The number of benzene rings is 1. The van der Waals surface area contributed by atoms with Gasteiger partial charge in [0.1, 0.15) is 0 Å². The first-order valence-corrected chi connectivity index (χ1v) is 6.73. The first-order chi connectivity index (χ1) is 9.13. The number of hydrogen-bond donors (Lipinski definition) is 1. The van der Waals surface area contributed by atoms with Gasteiger partial charge < -0.3 is 9.67 Å². The van der Waals surface area contributed by atoms with Crippen molar-refractivity contribution < 1.29 is 9.90 Å². The molecule has 2 aromatic rings. The van der Waals surface area contributed by atoms with Gasteiger partial charge >= 0.3 is 5.97 Å². The molecule has 0 aliphatic carbocycles. The Morgan fingerprint density at radius 2 is 2.16 bits per heavy atom. The maximum Gasteiger partial charge on any atom is 0.304 e. The molecule has 1 aliphatic heterocycles. The summed E-state index contributed by atoms with van der Waals surface area (Å²) >= 11 is 6.04. The normalized spacial score (nSPS) is 15.6. The second kappa shape index (κ2) is 4.87. The van der Waals surface area contributed by atoms with Crippen LogP contribution in [0.5, 0.6) is 0 Å². The maximum absolute atomic E-state index is 10.6. The minimum Gasteiger partial charge on any atom is -0.481 e. The van der Waals surface area contributed by atoms with Gasteiger partial charge in [0, 0.05) is 47.8 Å². The average molecular weight is 279 g/mol. The first-order valence-electron chi connectivity index (χ1n) is 6.35. The Hall–Kier alpha value is -1.52. The summed E-state index contributed by atoms with van der Waals surface area (Å²) in [5, 5.41) is 10.7. The Kier molecular flexibility index (Phi) is 3.21. The third-order valence-corrected chi connectivity index (χ3v) is 3.85. The van der Waals surface area contributed by atoms with E-state index >= 15 is 0 Å². The van der Waals surface area contributed by atoms with Crippen LogP contribution in [-0.4, -0.2) is 33.6 Å². The molecule has 4 nitrogen and oxygen atoms in total. The summed E-state index contributed by atoms with van der Waals surface area (Å²) in [6, 6.07) is 8.09. The largest absolute Gasteiger partial charge is 0.481 e. The van der Waals surface area contributed by atoms with Crippen LogP contribution < -0.4 is 0 Å². The van der Waals surface area contributed by atoms with Crippen molar-refractivity contribution in [3.05, 3.63) is 35.0 Å². The number of fused-ring (bicyclic) bond motifs is 3. The van der Waals surface area contributed by atoms with Crippen LogP contribution in [0.1, 0.15) is 12.1 Å². The van der Waals surface area contributed by atoms with E-state index in [1.807, 2.05) is 18.2 Å². The Balaban J connectivity index is 1.85. The van der Waals surface area contributed by atoms with Crippen LogP contribution in [0, 0.1) is 0 Å². The summed E-state index contributed by atoms with van der Waals surface area (Å²) < 4.78 is 2.28. The third-order valence-electron chi connectivity index (χ3n) is 3.62. The number of carboxylic acid groups (broad SMARTS) is 1. The molecule has 5 heteroatoms. The molecule has 0 unspecified atom stereocenters. The van der Waals surface area contributed by atoms with E-state index in [9.17, 15) is 4.79 Å². The van der Waals surface area contributed by atoms with Crippen LogP contribution in [0.25, 0.3) is 10.9 Å². The van der Waals surface area contributed by atoms with E-state index in [0.29, 0.717) is 6.54 Å². The number of halogens is 1. The highest BCUT2D eigenvalue weighted by atomic mass is 35.5. The van der Waals surface area contributed by atoms with Gasteiger partial charge in [-0.2, -0.15) is 0 Å². The average Bonchev–Trinajstić information content (AvgIpc) is 2.73. The number of aliphatic carboxylic acids is 1. The SMILES string of the molecule is O=C(O)CCN1CCn2c(cc3ccc(Cl)cc32)C1. The van der Waals surface area contributed by atoms with Crippen LogP contribution >= 0.6 is 11.6 Å². The van der Waals surface area contributed by atoms with Crippen molar-refractivity contribution in [2.45, 2.75) is 19.5 Å². The van der Waals surface area contributed by atoms with Crippen molar-refractivity contribution in [1.29, 1.82) is 0 Å². The van der Waals surface area contributed by atoms with Crippen molar-refractivity contribution in [2.24, 2.45) is 0 Å². The van der Waals surface area contributed by atoms with E-state index in [2.05, 4.69) is 15.5 Å². The summed E-state index contributed by atoms with van der Waals surface area (Å²) in [5.41, 5.74) is 2.40. The molecule has 0 saturated heterocycles. The molecule has 0 radical (unpaired) electrons. The van der Waals surface area contributed by atoms with Gasteiger partial charge in [-0.15, -0.1) is 0 Å². The fourth-order valence-corrected chi connectivity index (χ4v) is 2.84. The summed E-state index contributed by atoms with van der Waals surface area (Å²) in [6.45, 7) is 3.19. The second-order valence-electron chi connectivity index (χ2n) is 4.91. The lowest BCUT2D eigenvalue weighted by atomic mass is 10.2. The quantitative estimate of drug-likeness (QED) is 0.939. The summed E-state index contributed by atoms with van der Waals surface area (Å²) in [4.78, 5) is 12.8. The van der Waals surface area contributed by atoms with Gasteiger partial charge in [-0.3, -0.25) is 9.69 Å². The number of aromatic nitrogens is 1. The molecule has 1 aromatic heterocycles. The molecule has 0 atom stereocenters. The lowest BCUT2D eigenvalue weighted by molar-refractivity contribution is -0.137. The van der Waals surface area contributed by atoms with Crippen molar-refractivity contribution in [3.8, 4) is 0 Å². The first kappa shape index (κ1) is 12.5. The van der Waals surface area contributed by atoms with E-state index in [1.54, 1.807) is 0 Å². The van der Waals surface area contributed by atoms with Crippen molar-refractivity contribution in [2.75, 3.05) is 13.1 Å². The number of rotatable bonds is 3. The highest BCUT2D eigenvalue weighted by Gasteiger charge is 2.18. The molecule has 0 spiro atoms. The minimum absolute atomic E-state index is 0.200. The van der Waals surface area contributed by atoms with Crippen LogP contribution in [0.3, 0.4) is 0 Å². The van der Waals surface area contributed by atoms with Crippen LogP contribution in [-0.2, 0) is 17.9 Å². The number of hydrogen-bond acceptors (Lipinski definition) is 2. The Morgan fingerprint density at radius 3 is 2.95 bits per heavy atom. The Labute approximate surface area is 116 Å². The fourth-order valence-electron chi connectivity index (χ4n) is 2.67. The molecule has 19 heavy (non-hydrogen) atoms. The lowest BCUT2D eigenvalue weighted by Crippen LogP contribution is -2.34. The summed E-state index contributed by atoms with van der Waals surface area (Å²) in [5.74, 6) is -0.738. The van der Waals surface area contributed by atoms with Gasteiger partial charge in [-0.1, -0.05) is 17.7 Å². The van der Waals surface area contributed by atoms with E-state index in [4.69, 9.17) is 16.7 Å². The molecule has 3 rings (SSSR count). The zero-order valence-electron chi connectivity index (χ0n) is 10.5. The predicted molar refractivity (Wildman–Crippen MR) is 74.5 cm³/mol. The summed E-state index contributed by atoms with van der Waals surface area (Å²) in [6.07, 6.45) is 0.200. The lowest BCUT2D eigenvalue weighted by Gasteiger charge is -2.28. The van der Waals surface area contributed by atoms with Crippen LogP contribution in [0.4, 0.5) is 0 Å². The van der Waals surface area contributed by atoms with E-state index in [0.717, 1.165) is 24.7 Å². The summed E-state index contributed by atoms with van der Waals surface area (Å²) in [7, 11) is 0. The van der Waals surface area contributed by atoms with Crippen molar-refractivity contribution in [1.82, 2.24) is 9.47 Å². The molecule has 2 heterocycles. The molecule has 1 N–H and O–H groups in total. The molecule has 0 bridgehead atoms. The zero-order chi connectivity index (χ0) is 13.4. The van der Waals surface area contributed by atoms with Gasteiger partial charge in [0.05, 0.1) is 6.42 Å². The van der Waals surface area contributed by atoms with Gasteiger partial charge in [0.25, 0.3) is 0 Å². The second-order valence-corrected chi connectivity index (χ2v) is 5.35. The van der Waals surface area contributed by atoms with E-state index in [1.165, 1.54) is 16.6 Å². The van der Waals surface area contributed by atoms with Crippen LogP contribution in [0.15, 0.2) is 24.3 Å². The smallest absolute Gasteiger partial charge is 0.304 e. The van der Waals surface area contributed by atoms with Crippen molar-refractivity contribution in [3.63, 3.8) is 0 Å². The van der Waals surface area contributed by atoms with Crippen LogP contribution in [0.2, 0.25) is 5.02 Å². The Morgan fingerprint density at radius 1 is 1.32 bits per heavy atom. The molecule has 0 fully saturated rings. The van der Waals surface area contributed by atoms with E-state index in [-0.39, 0.29) is 6.42 Å². The molecule has 0 amide bonds. The standard InChI is InChI=1S/C14H15ClN2O2/c15-11-2-1-10-7-12-9-16(4-3-14(18)19)5-6-17(12)13(10)8-11/h1-2,7-8H,3-6,9H2,(H,18,19). The zero-order valence-corrected chi connectivity index (χ0v) is 11.2. The van der Waals surface area contributed by atoms with Gasteiger partial charge in [-0.25, -0.2) is 0 Å². The highest BCUT2D eigenvalue weighted by molar-refractivity contribution is 6.31. The highest BCUT2D eigenvalue weighted by Crippen LogP contribution is 2.26. The molecule has 0 saturated carbocycles. The van der Waals surface area contributed by atoms with Gasteiger partial charge in [-0.05, 0) is 18.2 Å². The van der Waals surface area contributed by atoms with Gasteiger partial charge in [0.15, 0.2) is 0 Å². The monoisotopic (exact) mass is 278 g/mol. The van der Waals surface area contributed by atoms with Gasteiger partial charge in [0.2, 0.25) is 0 Å². The number of carbonyl (C=O) groups is 1. The maximum atomic E-state index is 10.6. The molecular weight excluding hydrogens is 264 g/mol. The third kappa shape index (κ3) is 2.46. The molecule has 1 aliphatic rings. The fraction of sp³-hybridized carbons (Fsp3) is 0.357. The number of carboxylic acids is 1. The minimum atomic E-state index is -0.738. The topological polar surface area (TPSA) is 45.5 Å². The van der Waals surface area contributed by atoms with E-state index < -0.39 is 5.97 Å².